The number of nitrogens with one attached hydrogen (secondary N) is 1. The van der Waals surface area contributed by atoms with Crippen molar-refractivity contribution in [3.8, 4) is 0 Å². The van der Waals surface area contributed by atoms with E-state index in [0.29, 0.717) is 5.56 Å². The Morgan fingerprint density at radius 3 is 2.62 bits per heavy atom. The monoisotopic (exact) mass is 286 g/mol. The summed E-state index contributed by atoms with van der Waals surface area (Å²) in [6, 6.07) is 10.7. The van der Waals surface area contributed by atoms with Gasteiger partial charge in [-0.3, -0.25) is 5.32 Å². The van der Waals surface area contributed by atoms with Crippen LogP contribution < -0.4 is 5.32 Å². The normalized spacial score (nSPS) is 9.95. The molecule has 0 fully saturated rings. The third-order valence-electron chi connectivity index (χ3n) is 2.76. The number of pyridine rings is 1. The number of aryl methyl sites for hydroxylation is 1. The van der Waals surface area contributed by atoms with E-state index in [-0.39, 0.29) is 18.0 Å². The number of nitrogens with zero attached hydrogens (tertiary/aromatic N) is 1. The number of carbonyl (C=O) groups is 2. The number of rotatable bonds is 4. The lowest BCUT2D eigenvalue weighted by atomic mass is 10.2. The summed E-state index contributed by atoms with van der Waals surface area (Å²) in [5, 5.41) is 11.3. The molecule has 0 unspecified atom stereocenters. The molecular formula is C15H14N2O4. The Morgan fingerprint density at radius 1 is 1.29 bits per heavy atom. The molecule has 1 heterocycles. The number of benzene rings is 1. The second-order valence-corrected chi connectivity index (χ2v) is 4.38. The lowest BCUT2D eigenvalue weighted by Gasteiger charge is -2.09. The fourth-order valence-corrected chi connectivity index (χ4v) is 1.68. The van der Waals surface area contributed by atoms with E-state index in [4.69, 9.17) is 9.84 Å². The van der Waals surface area contributed by atoms with Crippen LogP contribution >= 0.6 is 0 Å². The molecule has 0 radical (unpaired) electrons. The average Bonchev–Trinajstić information content (AvgIpc) is 2.48. The van der Waals surface area contributed by atoms with Crippen molar-refractivity contribution >= 4 is 17.9 Å². The first kappa shape index (κ1) is 14.5. The molecule has 1 aromatic carbocycles. The van der Waals surface area contributed by atoms with Crippen LogP contribution in [0.5, 0.6) is 0 Å². The van der Waals surface area contributed by atoms with E-state index in [2.05, 4.69) is 10.3 Å². The molecule has 21 heavy (non-hydrogen) atoms. The van der Waals surface area contributed by atoms with Crippen molar-refractivity contribution in [2.24, 2.45) is 0 Å². The van der Waals surface area contributed by atoms with E-state index in [1.165, 1.54) is 12.3 Å². The SMILES string of the molecule is Cc1cc(C(=O)O)cnc1NC(=O)OCc1ccccc1. The quantitative estimate of drug-likeness (QED) is 0.902. The fourth-order valence-electron chi connectivity index (χ4n) is 1.68. The molecule has 0 aliphatic carbocycles. The zero-order valence-corrected chi connectivity index (χ0v) is 11.4. The predicted octanol–water partition coefficient (Wildman–Crippen LogP) is 2.84. The maximum atomic E-state index is 11.7. The molecule has 1 amide bonds. The van der Waals surface area contributed by atoms with Crippen LogP contribution in [0.1, 0.15) is 21.5 Å². The Morgan fingerprint density at radius 2 is 2.00 bits per heavy atom. The molecule has 0 aliphatic heterocycles. The number of carboxylic acid groups (broad SMARTS) is 1. The number of carbonyl (C=O) groups excluding carboxylic acids is 1. The Hall–Kier alpha value is -2.89. The number of aromatic nitrogens is 1. The van der Waals surface area contributed by atoms with Crippen molar-refractivity contribution in [1.82, 2.24) is 4.98 Å². The summed E-state index contributed by atoms with van der Waals surface area (Å²) >= 11 is 0. The third-order valence-corrected chi connectivity index (χ3v) is 2.76. The molecule has 0 atom stereocenters. The first-order valence-electron chi connectivity index (χ1n) is 6.24. The van der Waals surface area contributed by atoms with Crippen LogP contribution in [0.3, 0.4) is 0 Å². The maximum absolute atomic E-state index is 11.7. The van der Waals surface area contributed by atoms with Crippen molar-refractivity contribution in [3.05, 3.63) is 59.3 Å². The summed E-state index contributed by atoms with van der Waals surface area (Å²) in [6.45, 7) is 1.81. The molecule has 0 saturated heterocycles. The first-order valence-corrected chi connectivity index (χ1v) is 6.24. The van der Waals surface area contributed by atoms with Crippen LogP contribution in [0.2, 0.25) is 0 Å². The van der Waals surface area contributed by atoms with Crippen LogP contribution in [0, 0.1) is 6.92 Å². The largest absolute Gasteiger partial charge is 0.478 e. The minimum absolute atomic E-state index is 0.0655. The van der Waals surface area contributed by atoms with E-state index < -0.39 is 12.1 Å². The number of aromatic carboxylic acids is 1. The summed E-state index contributed by atoms with van der Waals surface area (Å²) < 4.78 is 5.06. The summed E-state index contributed by atoms with van der Waals surface area (Å²) in [4.78, 5) is 26.4. The van der Waals surface area contributed by atoms with Crippen LogP contribution in [0.25, 0.3) is 0 Å². The van der Waals surface area contributed by atoms with Crippen LogP contribution in [0.4, 0.5) is 10.6 Å². The summed E-state index contributed by atoms with van der Waals surface area (Å²) in [5.74, 6) is -0.790. The van der Waals surface area contributed by atoms with E-state index in [0.717, 1.165) is 5.56 Å². The molecular weight excluding hydrogens is 272 g/mol. The zero-order chi connectivity index (χ0) is 15.2. The second kappa shape index (κ2) is 6.51. The first-order chi connectivity index (χ1) is 10.1. The van der Waals surface area contributed by atoms with E-state index in [1.54, 1.807) is 6.92 Å². The van der Waals surface area contributed by atoms with Crippen LogP contribution in [0.15, 0.2) is 42.6 Å². The fraction of sp³-hybridized carbons (Fsp3) is 0.133. The van der Waals surface area contributed by atoms with Gasteiger partial charge in [0.15, 0.2) is 0 Å². The minimum Gasteiger partial charge on any atom is -0.478 e. The third kappa shape index (κ3) is 4.04. The number of hydrogen-bond donors (Lipinski definition) is 2. The van der Waals surface area contributed by atoms with Gasteiger partial charge in [-0.1, -0.05) is 30.3 Å². The highest BCUT2D eigenvalue weighted by atomic mass is 16.5. The van der Waals surface area contributed by atoms with Crippen LogP contribution in [-0.4, -0.2) is 22.2 Å². The van der Waals surface area contributed by atoms with Gasteiger partial charge in [0.1, 0.15) is 12.4 Å². The molecule has 0 saturated carbocycles. The van der Waals surface area contributed by atoms with E-state index >= 15 is 0 Å². The number of anilines is 1. The van der Waals surface area contributed by atoms with Gasteiger partial charge >= 0.3 is 12.1 Å². The summed E-state index contributed by atoms with van der Waals surface area (Å²) in [6.07, 6.45) is 0.542. The van der Waals surface area contributed by atoms with Crippen molar-refractivity contribution in [3.63, 3.8) is 0 Å². The van der Waals surface area contributed by atoms with Gasteiger partial charge in [-0.05, 0) is 24.1 Å². The predicted molar refractivity (Wildman–Crippen MR) is 76.2 cm³/mol. The standard InChI is InChI=1S/C15H14N2O4/c1-10-7-12(14(18)19)8-16-13(10)17-15(20)21-9-11-5-3-2-4-6-11/h2-8H,9H2,1H3,(H,18,19)(H,16,17,20). The number of hydrogen-bond acceptors (Lipinski definition) is 4. The van der Waals surface area contributed by atoms with Crippen molar-refractivity contribution in [2.75, 3.05) is 5.32 Å². The van der Waals surface area contributed by atoms with Crippen molar-refractivity contribution in [2.45, 2.75) is 13.5 Å². The van der Waals surface area contributed by atoms with Gasteiger partial charge in [0.05, 0.1) is 5.56 Å². The highest BCUT2D eigenvalue weighted by Crippen LogP contribution is 2.13. The van der Waals surface area contributed by atoms with Gasteiger partial charge in [0.25, 0.3) is 0 Å². The molecule has 6 nitrogen and oxygen atoms in total. The molecule has 1 aromatic heterocycles. The second-order valence-electron chi connectivity index (χ2n) is 4.38. The average molecular weight is 286 g/mol. The number of carboxylic acids is 1. The summed E-state index contributed by atoms with van der Waals surface area (Å²) in [7, 11) is 0. The van der Waals surface area contributed by atoms with Crippen molar-refractivity contribution < 1.29 is 19.4 Å². The van der Waals surface area contributed by atoms with Gasteiger partial charge < -0.3 is 9.84 Å². The Balaban J connectivity index is 1.95. The molecule has 6 heteroatoms. The number of amides is 1. The van der Waals surface area contributed by atoms with Gasteiger partial charge in [-0.25, -0.2) is 14.6 Å². The molecule has 108 valence electrons. The number of ether oxygens (including phenoxy) is 1. The molecule has 0 bridgehead atoms. The zero-order valence-electron chi connectivity index (χ0n) is 11.4. The lowest BCUT2D eigenvalue weighted by Crippen LogP contribution is -2.15. The van der Waals surface area contributed by atoms with Gasteiger partial charge in [-0.15, -0.1) is 0 Å². The maximum Gasteiger partial charge on any atom is 0.413 e. The Bertz CT molecular complexity index is 656. The molecule has 2 aromatic rings. The lowest BCUT2D eigenvalue weighted by molar-refractivity contribution is 0.0696. The van der Waals surface area contributed by atoms with Crippen LogP contribution in [-0.2, 0) is 11.3 Å². The van der Waals surface area contributed by atoms with Gasteiger partial charge in [-0.2, -0.15) is 0 Å². The molecule has 0 spiro atoms. The minimum atomic E-state index is -1.07. The van der Waals surface area contributed by atoms with Crippen molar-refractivity contribution in [1.29, 1.82) is 0 Å². The molecule has 2 rings (SSSR count). The Kier molecular flexibility index (Phi) is 4.50. The topological polar surface area (TPSA) is 88.5 Å². The Labute approximate surface area is 121 Å². The van der Waals surface area contributed by atoms with Gasteiger partial charge in [0.2, 0.25) is 0 Å². The van der Waals surface area contributed by atoms with E-state index in [9.17, 15) is 9.59 Å². The summed E-state index contributed by atoms with van der Waals surface area (Å²) in [5.41, 5.74) is 1.49. The van der Waals surface area contributed by atoms with Gasteiger partial charge in [0, 0.05) is 6.20 Å². The van der Waals surface area contributed by atoms with E-state index in [1.807, 2.05) is 30.3 Å². The highest BCUT2D eigenvalue weighted by molar-refractivity contribution is 5.89. The molecule has 2 N–H and O–H groups in total. The smallest absolute Gasteiger partial charge is 0.413 e. The highest BCUT2D eigenvalue weighted by Gasteiger charge is 2.10. The molecule has 0 aliphatic rings.